The van der Waals surface area contributed by atoms with Crippen molar-refractivity contribution in [2.75, 3.05) is 11.9 Å². The summed E-state index contributed by atoms with van der Waals surface area (Å²) in [7, 11) is 0. The standard InChI is InChI=1S/C17H19NO3/c1-3-21-17(20)13-7-9-15(10-8-13)18-11-14-6-4-5-12(2)16(14)19/h4-10,18-19H,3,11H2,1-2H3. The van der Waals surface area contributed by atoms with Crippen molar-refractivity contribution in [3.05, 3.63) is 59.2 Å². The van der Waals surface area contributed by atoms with Crippen LogP contribution >= 0.6 is 0 Å². The zero-order valence-corrected chi connectivity index (χ0v) is 12.2. The minimum absolute atomic E-state index is 0.313. The van der Waals surface area contributed by atoms with Gasteiger partial charge < -0.3 is 15.2 Å². The Labute approximate surface area is 124 Å². The van der Waals surface area contributed by atoms with Crippen LogP contribution in [0.25, 0.3) is 0 Å². The number of aromatic hydroxyl groups is 1. The molecule has 0 aliphatic carbocycles. The average molecular weight is 285 g/mol. The molecule has 0 aliphatic heterocycles. The van der Waals surface area contributed by atoms with E-state index in [4.69, 9.17) is 4.74 Å². The van der Waals surface area contributed by atoms with Crippen molar-refractivity contribution in [2.24, 2.45) is 0 Å². The van der Waals surface area contributed by atoms with Gasteiger partial charge in [-0.3, -0.25) is 0 Å². The van der Waals surface area contributed by atoms with Gasteiger partial charge in [-0.25, -0.2) is 4.79 Å². The van der Waals surface area contributed by atoms with Crippen LogP contribution in [0.4, 0.5) is 5.69 Å². The van der Waals surface area contributed by atoms with Crippen LogP contribution in [0.15, 0.2) is 42.5 Å². The highest BCUT2D eigenvalue weighted by Gasteiger charge is 2.06. The first kappa shape index (κ1) is 14.9. The number of ether oxygens (including phenoxy) is 1. The van der Waals surface area contributed by atoms with Gasteiger partial charge in [0.1, 0.15) is 5.75 Å². The summed E-state index contributed by atoms with van der Waals surface area (Å²) >= 11 is 0. The molecule has 2 rings (SSSR count). The van der Waals surface area contributed by atoms with Crippen LogP contribution in [0.5, 0.6) is 5.75 Å². The molecular weight excluding hydrogens is 266 g/mol. The number of hydrogen-bond acceptors (Lipinski definition) is 4. The van der Waals surface area contributed by atoms with Gasteiger partial charge in [-0.2, -0.15) is 0 Å². The van der Waals surface area contributed by atoms with E-state index in [9.17, 15) is 9.90 Å². The van der Waals surface area contributed by atoms with E-state index in [1.807, 2.05) is 37.3 Å². The summed E-state index contributed by atoms with van der Waals surface area (Å²) < 4.78 is 4.93. The zero-order chi connectivity index (χ0) is 15.2. The van der Waals surface area contributed by atoms with Gasteiger partial charge in [-0.15, -0.1) is 0 Å². The van der Waals surface area contributed by atoms with E-state index in [0.29, 0.717) is 24.5 Å². The summed E-state index contributed by atoms with van der Waals surface area (Å²) in [5, 5.41) is 13.2. The minimum atomic E-state index is -0.319. The Hall–Kier alpha value is -2.49. The molecule has 4 heteroatoms. The maximum atomic E-state index is 11.5. The number of hydrogen-bond donors (Lipinski definition) is 2. The molecule has 21 heavy (non-hydrogen) atoms. The van der Waals surface area contributed by atoms with Crippen LogP contribution < -0.4 is 5.32 Å². The third-order valence-electron chi connectivity index (χ3n) is 3.20. The summed E-state index contributed by atoms with van der Waals surface area (Å²) in [4.78, 5) is 11.5. The maximum Gasteiger partial charge on any atom is 0.338 e. The lowest BCUT2D eigenvalue weighted by Crippen LogP contribution is -2.05. The molecule has 0 fully saturated rings. The molecule has 2 aromatic carbocycles. The van der Waals surface area contributed by atoms with Crippen LogP contribution in [0.2, 0.25) is 0 Å². The van der Waals surface area contributed by atoms with Gasteiger partial charge in [-0.05, 0) is 43.7 Å². The quantitative estimate of drug-likeness (QED) is 0.826. The van der Waals surface area contributed by atoms with Gasteiger partial charge in [0, 0.05) is 17.8 Å². The molecule has 4 nitrogen and oxygen atoms in total. The predicted octanol–water partition coefficient (Wildman–Crippen LogP) is 3.49. The first-order valence-electron chi connectivity index (χ1n) is 6.90. The van der Waals surface area contributed by atoms with Crippen molar-refractivity contribution in [1.82, 2.24) is 0 Å². The number of carbonyl (C=O) groups excluding carboxylic acids is 1. The topological polar surface area (TPSA) is 58.6 Å². The minimum Gasteiger partial charge on any atom is -0.507 e. The summed E-state index contributed by atoms with van der Waals surface area (Å²) in [5.74, 6) is -0.00600. The second-order valence-corrected chi connectivity index (χ2v) is 4.73. The Morgan fingerprint density at radius 1 is 1.19 bits per heavy atom. The van der Waals surface area contributed by atoms with Gasteiger partial charge in [0.25, 0.3) is 0 Å². The molecule has 0 atom stereocenters. The number of esters is 1. The molecular formula is C17H19NO3. The fraction of sp³-hybridized carbons (Fsp3) is 0.235. The largest absolute Gasteiger partial charge is 0.507 e. The van der Waals surface area contributed by atoms with E-state index >= 15 is 0 Å². The molecule has 0 saturated carbocycles. The third kappa shape index (κ3) is 3.75. The molecule has 0 saturated heterocycles. The first-order chi connectivity index (χ1) is 10.1. The van der Waals surface area contributed by atoms with E-state index < -0.39 is 0 Å². The number of rotatable bonds is 5. The van der Waals surface area contributed by atoms with Gasteiger partial charge in [0.15, 0.2) is 0 Å². The first-order valence-corrected chi connectivity index (χ1v) is 6.90. The smallest absolute Gasteiger partial charge is 0.338 e. The van der Waals surface area contributed by atoms with Crippen molar-refractivity contribution in [2.45, 2.75) is 20.4 Å². The van der Waals surface area contributed by atoms with Crippen molar-refractivity contribution in [1.29, 1.82) is 0 Å². The Kier molecular flexibility index (Phi) is 4.82. The van der Waals surface area contributed by atoms with E-state index in [1.54, 1.807) is 19.1 Å². The average Bonchev–Trinajstić information content (AvgIpc) is 2.49. The molecule has 0 aromatic heterocycles. The lowest BCUT2D eigenvalue weighted by Gasteiger charge is -2.10. The summed E-state index contributed by atoms with van der Waals surface area (Å²) in [5.41, 5.74) is 3.10. The molecule has 0 spiro atoms. The lowest BCUT2D eigenvalue weighted by atomic mass is 10.1. The molecule has 0 heterocycles. The van der Waals surface area contributed by atoms with Gasteiger partial charge in [0.05, 0.1) is 12.2 Å². The third-order valence-corrected chi connectivity index (χ3v) is 3.20. The predicted molar refractivity (Wildman–Crippen MR) is 82.6 cm³/mol. The summed E-state index contributed by atoms with van der Waals surface area (Å²) in [6.45, 7) is 4.53. The number of phenols is 1. The van der Waals surface area contributed by atoms with E-state index in [-0.39, 0.29) is 5.97 Å². The van der Waals surface area contributed by atoms with Crippen LogP contribution in [-0.2, 0) is 11.3 Å². The van der Waals surface area contributed by atoms with Crippen molar-refractivity contribution in [3.63, 3.8) is 0 Å². The van der Waals surface area contributed by atoms with Crippen molar-refractivity contribution in [3.8, 4) is 5.75 Å². The Bertz CT molecular complexity index is 620. The van der Waals surface area contributed by atoms with E-state index in [2.05, 4.69) is 5.32 Å². The fourth-order valence-electron chi connectivity index (χ4n) is 2.00. The zero-order valence-electron chi connectivity index (χ0n) is 12.2. The summed E-state index contributed by atoms with van der Waals surface area (Å²) in [6, 6.07) is 12.7. The molecule has 2 aromatic rings. The highest BCUT2D eigenvalue weighted by atomic mass is 16.5. The maximum absolute atomic E-state index is 11.5. The molecule has 0 amide bonds. The molecule has 0 radical (unpaired) electrons. The lowest BCUT2D eigenvalue weighted by molar-refractivity contribution is 0.0526. The molecule has 110 valence electrons. The monoisotopic (exact) mass is 285 g/mol. The van der Waals surface area contributed by atoms with E-state index in [1.165, 1.54) is 0 Å². The van der Waals surface area contributed by atoms with Gasteiger partial charge in [0.2, 0.25) is 0 Å². The second-order valence-electron chi connectivity index (χ2n) is 4.73. The number of nitrogens with one attached hydrogen (secondary N) is 1. The summed E-state index contributed by atoms with van der Waals surface area (Å²) in [6.07, 6.45) is 0. The second kappa shape index (κ2) is 6.79. The van der Waals surface area contributed by atoms with Gasteiger partial charge in [-0.1, -0.05) is 18.2 Å². The number of phenolic OH excluding ortho intramolecular Hbond substituents is 1. The fourth-order valence-corrected chi connectivity index (χ4v) is 2.00. The SMILES string of the molecule is CCOC(=O)c1ccc(NCc2cccc(C)c2O)cc1. The number of aryl methyl sites for hydroxylation is 1. The van der Waals surface area contributed by atoms with Crippen molar-refractivity contribution >= 4 is 11.7 Å². The van der Waals surface area contributed by atoms with Gasteiger partial charge >= 0.3 is 5.97 Å². The van der Waals surface area contributed by atoms with E-state index in [0.717, 1.165) is 16.8 Å². The molecule has 0 bridgehead atoms. The Balaban J connectivity index is 2.01. The van der Waals surface area contributed by atoms with Crippen molar-refractivity contribution < 1.29 is 14.6 Å². The number of para-hydroxylation sites is 1. The molecule has 2 N–H and O–H groups in total. The Morgan fingerprint density at radius 3 is 2.57 bits per heavy atom. The number of benzene rings is 2. The Morgan fingerprint density at radius 2 is 1.90 bits per heavy atom. The highest BCUT2D eigenvalue weighted by Crippen LogP contribution is 2.22. The molecule has 0 unspecified atom stereocenters. The van der Waals surface area contributed by atoms with Crippen LogP contribution in [0.3, 0.4) is 0 Å². The highest BCUT2D eigenvalue weighted by molar-refractivity contribution is 5.89. The van der Waals surface area contributed by atoms with Crippen LogP contribution in [0.1, 0.15) is 28.4 Å². The van der Waals surface area contributed by atoms with Crippen LogP contribution in [-0.4, -0.2) is 17.7 Å². The number of carbonyl (C=O) groups is 1. The molecule has 0 aliphatic rings. The number of anilines is 1. The van der Waals surface area contributed by atoms with Crippen LogP contribution in [0, 0.1) is 6.92 Å². The normalized spacial score (nSPS) is 10.2.